The number of aromatic amines is 1. The van der Waals surface area contributed by atoms with Crippen molar-refractivity contribution < 1.29 is 9.90 Å². The third-order valence-electron chi connectivity index (χ3n) is 4.72. The number of carbonyl (C=O) groups is 1. The van der Waals surface area contributed by atoms with E-state index in [0.29, 0.717) is 36.0 Å². The van der Waals surface area contributed by atoms with Crippen molar-refractivity contribution in [1.29, 1.82) is 0 Å². The number of aliphatic hydroxyl groups is 1. The molecule has 2 atom stereocenters. The Balaban J connectivity index is 1.53. The molecule has 0 saturated heterocycles. The summed E-state index contributed by atoms with van der Waals surface area (Å²) in [7, 11) is 0. The average molecular weight is 329 g/mol. The highest BCUT2D eigenvalue weighted by atomic mass is 16.3. The molecular formula is C18H23N3O3. The third-order valence-corrected chi connectivity index (χ3v) is 4.72. The number of hydrogen-bond acceptors (Lipinski definition) is 4. The number of nitrogens with one attached hydrogen (secondary N) is 2. The molecule has 0 spiro atoms. The fourth-order valence-corrected chi connectivity index (χ4v) is 3.39. The molecule has 1 aliphatic rings. The molecule has 1 aromatic heterocycles. The van der Waals surface area contributed by atoms with E-state index in [1.165, 1.54) is 0 Å². The molecular weight excluding hydrogens is 306 g/mol. The first-order valence-corrected chi connectivity index (χ1v) is 8.55. The second kappa shape index (κ2) is 7.57. The molecule has 3 rings (SSSR count). The number of H-pyrrole nitrogens is 1. The predicted molar refractivity (Wildman–Crippen MR) is 91.7 cm³/mol. The second-order valence-electron chi connectivity index (χ2n) is 6.43. The van der Waals surface area contributed by atoms with E-state index in [9.17, 15) is 14.7 Å². The van der Waals surface area contributed by atoms with Gasteiger partial charge in [-0.15, -0.1) is 0 Å². The number of aryl methyl sites for hydroxylation is 1. The van der Waals surface area contributed by atoms with Crippen molar-refractivity contribution >= 4 is 16.8 Å². The van der Waals surface area contributed by atoms with Crippen molar-refractivity contribution in [2.75, 3.05) is 6.61 Å². The van der Waals surface area contributed by atoms with Crippen LogP contribution < -0.4 is 10.9 Å². The number of benzene rings is 1. The summed E-state index contributed by atoms with van der Waals surface area (Å²) in [5, 5.41) is 12.9. The molecule has 24 heavy (non-hydrogen) atoms. The quantitative estimate of drug-likeness (QED) is 0.749. The highest BCUT2D eigenvalue weighted by Crippen LogP contribution is 2.25. The van der Waals surface area contributed by atoms with Gasteiger partial charge in [-0.25, -0.2) is 4.98 Å². The van der Waals surface area contributed by atoms with E-state index < -0.39 is 0 Å². The summed E-state index contributed by atoms with van der Waals surface area (Å²) in [6.07, 6.45) is 4.55. The van der Waals surface area contributed by atoms with Crippen LogP contribution in [0.15, 0.2) is 29.1 Å². The molecule has 1 saturated carbocycles. The molecule has 1 fully saturated rings. The number of carbonyl (C=O) groups excluding carboxylic acids is 1. The number of amides is 1. The minimum Gasteiger partial charge on any atom is -0.396 e. The Morgan fingerprint density at radius 1 is 1.33 bits per heavy atom. The minimum atomic E-state index is -0.142. The van der Waals surface area contributed by atoms with Crippen LogP contribution in [-0.2, 0) is 11.2 Å². The maximum Gasteiger partial charge on any atom is 0.258 e. The Labute approximate surface area is 140 Å². The minimum absolute atomic E-state index is 0.00323. The van der Waals surface area contributed by atoms with Gasteiger partial charge in [0.05, 0.1) is 10.9 Å². The summed E-state index contributed by atoms with van der Waals surface area (Å²) in [6.45, 7) is 0.132. The van der Waals surface area contributed by atoms with Crippen molar-refractivity contribution in [3.63, 3.8) is 0 Å². The molecule has 0 bridgehead atoms. The monoisotopic (exact) mass is 329 g/mol. The highest BCUT2D eigenvalue weighted by Gasteiger charge is 2.27. The Hall–Kier alpha value is -2.21. The normalized spacial score (nSPS) is 20.4. The fourth-order valence-electron chi connectivity index (χ4n) is 3.39. The molecule has 2 aromatic rings. The molecule has 0 unspecified atom stereocenters. The third kappa shape index (κ3) is 3.82. The van der Waals surface area contributed by atoms with E-state index in [2.05, 4.69) is 15.3 Å². The lowest BCUT2D eigenvalue weighted by Gasteiger charge is -2.18. The number of aliphatic hydroxyl groups excluding tert-OH is 1. The summed E-state index contributed by atoms with van der Waals surface area (Å²) in [4.78, 5) is 31.3. The summed E-state index contributed by atoms with van der Waals surface area (Å²) < 4.78 is 0. The molecule has 6 heteroatoms. The number of nitrogens with zero attached hydrogens (tertiary/aromatic N) is 1. The van der Waals surface area contributed by atoms with Gasteiger partial charge in [0.2, 0.25) is 5.91 Å². The van der Waals surface area contributed by atoms with Crippen LogP contribution in [-0.4, -0.2) is 33.6 Å². The zero-order valence-corrected chi connectivity index (χ0v) is 13.6. The van der Waals surface area contributed by atoms with E-state index >= 15 is 0 Å². The first kappa shape index (κ1) is 16.6. The average Bonchev–Trinajstić information content (AvgIpc) is 3.02. The van der Waals surface area contributed by atoms with Gasteiger partial charge in [0.25, 0.3) is 5.56 Å². The molecule has 0 radical (unpaired) electrons. The standard InChI is InChI=1S/C18H23N3O3/c22-11-12-5-3-8-14(12)20-17(23)10-4-9-16-19-15-7-2-1-6-13(15)18(24)21-16/h1-2,6-7,12,14,22H,3-5,8-11H2,(H,20,23)(H,19,21,24)/t12-,14-/m0/s1. The maximum absolute atomic E-state index is 12.0. The van der Waals surface area contributed by atoms with Crippen molar-refractivity contribution in [1.82, 2.24) is 15.3 Å². The smallest absolute Gasteiger partial charge is 0.258 e. The van der Waals surface area contributed by atoms with Gasteiger partial charge in [-0.1, -0.05) is 18.6 Å². The topological polar surface area (TPSA) is 95.1 Å². The van der Waals surface area contributed by atoms with Crippen LogP contribution in [0.5, 0.6) is 0 Å². The first-order valence-electron chi connectivity index (χ1n) is 8.55. The zero-order valence-electron chi connectivity index (χ0n) is 13.6. The Morgan fingerprint density at radius 2 is 2.17 bits per heavy atom. The summed E-state index contributed by atoms with van der Waals surface area (Å²) >= 11 is 0. The van der Waals surface area contributed by atoms with Gasteiger partial charge in [-0.2, -0.15) is 0 Å². The summed E-state index contributed by atoms with van der Waals surface area (Å²) in [5.41, 5.74) is 0.536. The number of aromatic nitrogens is 2. The number of para-hydroxylation sites is 1. The van der Waals surface area contributed by atoms with Crippen molar-refractivity contribution in [3.8, 4) is 0 Å². The van der Waals surface area contributed by atoms with E-state index in [1.54, 1.807) is 6.07 Å². The molecule has 1 heterocycles. The van der Waals surface area contributed by atoms with E-state index in [-0.39, 0.29) is 30.0 Å². The van der Waals surface area contributed by atoms with Gasteiger partial charge in [0.15, 0.2) is 0 Å². The molecule has 1 amide bonds. The fraction of sp³-hybridized carbons (Fsp3) is 0.500. The molecule has 128 valence electrons. The lowest BCUT2D eigenvalue weighted by atomic mass is 10.0. The first-order chi connectivity index (χ1) is 11.7. The molecule has 1 aliphatic carbocycles. The van der Waals surface area contributed by atoms with Crippen molar-refractivity contribution in [3.05, 3.63) is 40.4 Å². The van der Waals surface area contributed by atoms with E-state index in [0.717, 1.165) is 19.3 Å². The molecule has 0 aliphatic heterocycles. The maximum atomic E-state index is 12.0. The van der Waals surface area contributed by atoms with Gasteiger partial charge in [0.1, 0.15) is 5.82 Å². The van der Waals surface area contributed by atoms with Crippen molar-refractivity contribution in [2.45, 2.75) is 44.6 Å². The van der Waals surface area contributed by atoms with Crippen LogP contribution in [0.3, 0.4) is 0 Å². The zero-order chi connectivity index (χ0) is 16.9. The second-order valence-corrected chi connectivity index (χ2v) is 6.43. The Bertz CT molecular complexity index is 771. The van der Waals surface area contributed by atoms with Crippen LogP contribution in [0.25, 0.3) is 10.9 Å². The number of fused-ring (bicyclic) bond motifs is 1. The SMILES string of the molecule is O=C(CCCc1nc2ccccc2c(=O)[nH]1)N[C@H]1CCC[C@H]1CO. The highest BCUT2D eigenvalue weighted by molar-refractivity contribution is 5.77. The summed E-state index contributed by atoms with van der Waals surface area (Å²) in [5.74, 6) is 0.802. The van der Waals surface area contributed by atoms with Gasteiger partial charge in [-0.05, 0) is 31.4 Å². The van der Waals surface area contributed by atoms with Crippen LogP contribution in [0, 0.1) is 5.92 Å². The van der Waals surface area contributed by atoms with Crippen LogP contribution in [0.2, 0.25) is 0 Å². The van der Waals surface area contributed by atoms with Crippen LogP contribution in [0.1, 0.15) is 37.9 Å². The predicted octanol–water partition coefficient (Wildman–Crippen LogP) is 1.52. The Morgan fingerprint density at radius 3 is 3.00 bits per heavy atom. The lowest BCUT2D eigenvalue weighted by Crippen LogP contribution is -2.38. The van der Waals surface area contributed by atoms with E-state index in [1.807, 2.05) is 18.2 Å². The van der Waals surface area contributed by atoms with E-state index in [4.69, 9.17) is 0 Å². The summed E-state index contributed by atoms with van der Waals surface area (Å²) in [6, 6.07) is 7.33. The van der Waals surface area contributed by atoms with Crippen LogP contribution in [0.4, 0.5) is 0 Å². The lowest BCUT2D eigenvalue weighted by molar-refractivity contribution is -0.122. The van der Waals surface area contributed by atoms with Gasteiger partial charge < -0.3 is 15.4 Å². The molecule has 6 nitrogen and oxygen atoms in total. The van der Waals surface area contributed by atoms with Gasteiger partial charge >= 0.3 is 0 Å². The van der Waals surface area contributed by atoms with Gasteiger partial charge in [0, 0.05) is 31.4 Å². The van der Waals surface area contributed by atoms with Crippen LogP contribution >= 0.6 is 0 Å². The van der Waals surface area contributed by atoms with Crippen molar-refractivity contribution in [2.24, 2.45) is 5.92 Å². The largest absolute Gasteiger partial charge is 0.396 e. The Kier molecular flexibility index (Phi) is 5.25. The van der Waals surface area contributed by atoms with Gasteiger partial charge in [-0.3, -0.25) is 9.59 Å². The number of rotatable bonds is 6. The molecule has 1 aromatic carbocycles. The molecule has 3 N–H and O–H groups in total. The number of hydrogen-bond donors (Lipinski definition) is 3.